The van der Waals surface area contributed by atoms with Crippen LogP contribution in [0.2, 0.25) is 5.02 Å². The van der Waals surface area contributed by atoms with E-state index in [0.717, 1.165) is 11.3 Å². The molecular formula is C17H15ClFN3. The zero-order chi connectivity index (χ0) is 15.7. The van der Waals surface area contributed by atoms with E-state index >= 15 is 0 Å². The second-order valence-electron chi connectivity index (χ2n) is 5.36. The van der Waals surface area contributed by atoms with Gasteiger partial charge in [0.2, 0.25) is 0 Å². The quantitative estimate of drug-likeness (QED) is 0.691. The van der Waals surface area contributed by atoms with Gasteiger partial charge in [-0.05, 0) is 18.1 Å². The van der Waals surface area contributed by atoms with Crippen molar-refractivity contribution < 1.29 is 4.39 Å². The van der Waals surface area contributed by atoms with Crippen LogP contribution in [0.5, 0.6) is 0 Å². The summed E-state index contributed by atoms with van der Waals surface area (Å²) in [5.74, 6) is -0.413. The molecule has 0 N–H and O–H groups in total. The van der Waals surface area contributed by atoms with Crippen molar-refractivity contribution in [3.8, 4) is 16.9 Å². The van der Waals surface area contributed by atoms with Crippen molar-refractivity contribution in [3.05, 3.63) is 65.1 Å². The van der Waals surface area contributed by atoms with Gasteiger partial charge in [0, 0.05) is 11.1 Å². The van der Waals surface area contributed by atoms with Crippen LogP contribution in [-0.2, 0) is 0 Å². The molecule has 1 heterocycles. The van der Waals surface area contributed by atoms with Crippen LogP contribution in [0, 0.1) is 5.82 Å². The molecule has 0 aliphatic carbocycles. The summed E-state index contributed by atoms with van der Waals surface area (Å²) in [5.41, 5.74) is 2.91. The molecule has 0 bridgehead atoms. The average Bonchev–Trinajstić information content (AvgIpc) is 3.00. The molecule has 0 aliphatic heterocycles. The number of aromatic nitrogens is 3. The summed E-state index contributed by atoms with van der Waals surface area (Å²) in [4.78, 5) is 0. The summed E-state index contributed by atoms with van der Waals surface area (Å²) in [7, 11) is 0. The fraction of sp³-hybridized carbons (Fsp3) is 0.176. The number of hydrogen-bond donors (Lipinski definition) is 0. The Morgan fingerprint density at radius 2 is 1.82 bits per heavy atom. The molecule has 0 saturated carbocycles. The van der Waals surface area contributed by atoms with Gasteiger partial charge in [-0.1, -0.05) is 61.0 Å². The van der Waals surface area contributed by atoms with E-state index in [0.29, 0.717) is 11.3 Å². The standard InChI is InChI=1S/C17H15ClFN3/c1-11(2)16-15(9-8-13(18)17(16)19)22-10-14(20-21-22)12-6-4-3-5-7-12/h3-11H,1-2H3. The molecule has 5 heteroatoms. The van der Waals surface area contributed by atoms with Gasteiger partial charge in [0.15, 0.2) is 0 Å². The van der Waals surface area contributed by atoms with Gasteiger partial charge in [-0.2, -0.15) is 0 Å². The van der Waals surface area contributed by atoms with E-state index in [9.17, 15) is 4.39 Å². The Bertz CT molecular complexity index is 797. The number of halogens is 2. The molecule has 0 spiro atoms. The fourth-order valence-electron chi connectivity index (χ4n) is 2.43. The van der Waals surface area contributed by atoms with Crippen molar-refractivity contribution in [3.63, 3.8) is 0 Å². The topological polar surface area (TPSA) is 30.7 Å². The second-order valence-corrected chi connectivity index (χ2v) is 5.77. The van der Waals surface area contributed by atoms with Crippen LogP contribution in [0.4, 0.5) is 4.39 Å². The van der Waals surface area contributed by atoms with Crippen LogP contribution >= 0.6 is 11.6 Å². The van der Waals surface area contributed by atoms with Gasteiger partial charge in [-0.15, -0.1) is 5.10 Å². The van der Waals surface area contributed by atoms with Crippen LogP contribution in [0.25, 0.3) is 16.9 Å². The molecule has 0 amide bonds. The highest BCUT2D eigenvalue weighted by Crippen LogP contribution is 2.30. The van der Waals surface area contributed by atoms with E-state index in [2.05, 4.69) is 10.3 Å². The van der Waals surface area contributed by atoms with Gasteiger partial charge in [0.1, 0.15) is 11.5 Å². The molecule has 0 fully saturated rings. The Balaban J connectivity index is 2.10. The van der Waals surface area contributed by atoms with E-state index in [1.54, 1.807) is 23.0 Å². The lowest BCUT2D eigenvalue weighted by Crippen LogP contribution is -2.05. The SMILES string of the molecule is CC(C)c1c(-n2cc(-c3ccccc3)nn2)ccc(Cl)c1F. The summed E-state index contributed by atoms with van der Waals surface area (Å²) in [6.07, 6.45) is 1.80. The molecule has 0 unspecified atom stereocenters. The second kappa shape index (κ2) is 5.89. The maximum atomic E-state index is 14.3. The Morgan fingerprint density at radius 1 is 1.09 bits per heavy atom. The van der Waals surface area contributed by atoms with Crippen molar-refractivity contribution in [2.45, 2.75) is 19.8 Å². The van der Waals surface area contributed by atoms with Crippen LogP contribution in [0.3, 0.4) is 0 Å². The van der Waals surface area contributed by atoms with Gasteiger partial charge < -0.3 is 0 Å². The summed E-state index contributed by atoms with van der Waals surface area (Å²) >= 11 is 5.90. The molecule has 0 radical (unpaired) electrons. The zero-order valence-electron chi connectivity index (χ0n) is 12.3. The van der Waals surface area contributed by atoms with Crippen LogP contribution < -0.4 is 0 Å². The van der Waals surface area contributed by atoms with Crippen molar-refractivity contribution in [1.29, 1.82) is 0 Å². The van der Waals surface area contributed by atoms with Gasteiger partial charge in [-0.25, -0.2) is 9.07 Å². The van der Waals surface area contributed by atoms with Crippen molar-refractivity contribution in [2.75, 3.05) is 0 Å². The lowest BCUT2D eigenvalue weighted by molar-refractivity contribution is 0.593. The third-order valence-electron chi connectivity index (χ3n) is 3.50. The molecule has 0 aliphatic rings. The van der Waals surface area contributed by atoms with Crippen molar-refractivity contribution in [1.82, 2.24) is 15.0 Å². The molecule has 112 valence electrons. The number of hydrogen-bond acceptors (Lipinski definition) is 2. The molecule has 3 aromatic rings. The first-order valence-corrected chi connectivity index (χ1v) is 7.41. The first-order valence-electron chi connectivity index (χ1n) is 7.04. The van der Waals surface area contributed by atoms with E-state index in [-0.39, 0.29) is 10.9 Å². The minimum Gasteiger partial charge on any atom is -0.220 e. The summed E-state index contributed by atoms with van der Waals surface area (Å²) < 4.78 is 15.9. The largest absolute Gasteiger partial charge is 0.220 e. The number of benzene rings is 2. The lowest BCUT2D eigenvalue weighted by atomic mass is 10.0. The van der Waals surface area contributed by atoms with E-state index < -0.39 is 5.82 Å². The smallest absolute Gasteiger partial charge is 0.147 e. The van der Waals surface area contributed by atoms with Crippen LogP contribution in [0.15, 0.2) is 48.7 Å². The predicted molar refractivity (Wildman–Crippen MR) is 85.9 cm³/mol. The third-order valence-corrected chi connectivity index (χ3v) is 3.79. The lowest BCUT2D eigenvalue weighted by Gasteiger charge is -2.14. The molecule has 1 aromatic heterocycles. The molecule has 0 saturated heterocycles. The molecule has 3 rings (SSSR count). The minimum absolute atomic E-state index is 0.0157. The van der Waals surface area contributed by atoms with Crippen LogP contribution in [0.1, 0.15) is 25.3 Å². The van der Waals surface area contributed by atoms with Crippen LogP contribution in [-0.4, -0.2) is 15.0 Å². The number of nitrogens with zero attached hydrogens (tertiary/aromatic N) is 3. The molecule has 2 aromatic carbocycles. The molecule has 22 heavy (non-hydrogen) atoms. The highest BCUT2D eigenvalue weighted by molar-refractivity contribution is 6.30. The Labute approximate surface area is 133 Å². The van der Waals surface area contributed by atoms with Gasteiger partial charge in [-0.3, -0.25) is 0 Å². The Hall–Kier alpha value is -2.20. The fourth-order valence-corrected chi connectivity index (χ4v) is 2.59. The maximum absolute atomic E-state index is 14.3. The van der Waals surface area contributed by atoms with Crippen molar-refractivity contribution >= 4 is 11.6 Å². The Kier molecular flexibility index (Phi) is 3.94. The van der Waals surface area contributed by atoms with Gasteiger partial charge in [0.25, 0.3) is 0 Å². The Morgan fingerprint density at radius 3 is 2.50 bits per heavy atom. The van der Waals surface area contributed by atoms with E-state index in [1.807, 2.05) is 44.2 Å². The maximum Gasteiger partial charge on any atom is 0.147 e. The van der Waals surface area contributed by atoms with Crippen molar-refractivity contribution in [2.24, 2.45) is 0 Å². The molecule has 3 nitrogen and oxygen atoms in total. The zero-order valence-corrected chi connectivity index (χ0v) is 13.0. The number of rotatable bonds is 3. The van der Waals surface area contributed by atoms with E-state index in [4.69, 9.17) is 11.6 Å². The first kappa shape index (κ1) is 14.7. The first-order chi connectivity index (χ1) is 10.6. The highest BCUT2D eigenvalue weighted by Gasteiger charge is 2.18. The van der Waals surface area contributed by atoms with Gasteiger partial charge in [0.05, 0.1) is 16.9 Å². The summed E-state index contributed by atoms with van der Waals surface area (Å²) in [6.45, 7) is 3.85. The molecule has 0 atom stereocenters. The molecular weight excluding hydrogens is 301 g/mol. The normalized spacial score (nSPS) is 11.1. The summed E-state index contributed by atoms with van der Waals surface area (Å²) in [5, 5.41) is 8.43. The minimum atomic E-state index is -0.397. The van der Waals surface area contributed by atoms with Gasteiger partial charge >= 0.3 is 0 Å². The van der Waals surface area contributed by atoms with E-state index in [1.165, 1.54) is 0 Å². The predicted octanol–water partition coefficient (Wildman–Crippen LogP) is 4.85. The monoisotopic (exact) mass is 315 g/mol. The highest BCUT2D eigenvalue weighted by atomic mass is 35.5. The average molecular weight is 316 g/mol. The third kappa shape index (κ3) is 2.62. The summed E-state index contributed by atoms with van der Waals surface area (Å²) in [6, 6.07) is 13.1.